The van der Waals surface area contributed by atoms with Crippen molar-refractivity contribution in [3.05, 3.63) is 0 Å². The molecule has 0 atom stereocenters. The molecule has 0 aliphatic heterocycles. The largest absolute Gasteiger partial charge is 0.390 e. The first-order valence-electron chi connectivity index (χ1n) is 6.26. The average molecular weight is 200 g/mol. The molecule has 0 aliphatic rings. The van der Waals surface area contributed by atoms with Gasteiger partial charge in [0.2, 0.25) is 0 Å². The van der Waals surface area contributed by atoms with E-state index < -0.39 is 0 Å². The van der Waals surface area contributed by atoms with Gasteiger partial charge in [-0.25, -0.2) is 0 Å². The summed E-state index contributed by atoms with van der Waals surface area (Å²) >= 11 is 0. The summed E-state index contributed by atoms with van der Waals surface area (Å²) in [5, 5.41) is 10.4. The van der Waals surface area contributed by atoms with Gasteiger partial charge >= 0.3 is 0 Å². The maximum Gasteiger partial charge on any atom is 0.0650 e. The molecule has 14 heavy (non-hydrogen) atoms. The highest BCUT2D eigenvalue weighted by molar-refractivity contribution is 4.79. The standard InChI is InChI=1S/C13H28O/c1-5-7-9-13(14,10-8-6-2)11-12(3)4/h12,14H,5-11H2,1-4H3. The third-order valence-corrected chi connectivity index (χ3v) is 2.78. The van der Waals surface area contributed by atoms with Gasteiger partial charge in [-0.2, -0.15) is 0 Å². The molecule has 0 aromatic carbocycles. The fraction of sp³-hybridized carbons (Fsp3) is 1.00. The van der Waals surface area contributed by atoms with Crippen molar-refractivity contribution >= 4 is 0 Å². The zero-order valence-electron chi connectivity index (χ0n) is 10.5. The van der Waals surface area contributed by atoms with Gasteiger partial charge in [0.1, 0.15) is 0 Å². The molecule has 0 heterocycles. The first-order valence-corrected chi connectivity index (χ1v) is 6.26. The van der Waals surface area contributed by atoms with Gasteiger partial charge in [-0.3, -0.25) is 0 Å². The molecular weight excluding hydrogens is 172 g/mol. The van der Waals surface area contributed by atoms with Crippen LogP contribution in [0, 0.1) is 5.92 Å². The molecule has 0 fully saturated rings. The molecular formula is C13H28O. The summed E-state index contributed by atoms with van der Waals surface area (Å²) in [6.45, 7) is 8.77. The number of unbranched alkanes of at least 4 members (excludes halogenated alkanes) is 2. The molecule has 0 saturated heterocycles. The summed E-state index contributed by atoms with van der Waals surface area (Å²) in [5.41, 5.74) is -0.375. The zero-order chi connectivity index (χ0) is 11.0. The third kappa shape index (κ3) is 6.42. The number of rotatable bonds is 8. The SMILES string of the molecule is CCCCC(O)(CCCC)CC(C)C. The maximum absolute atomic E-state index is 10.4. The summed E-state index contributed by atoms with van der Waals surface area (Å²) in [6, 6.07) is 0. The van der Waals surface area contributed by atoms with Crippen LogP contribution in [0.3, 0.4) is 0 Å². The zero-order valence-corrected chi connectivity index (χ0v) is 10.5. The van der Waals surface area contributed by atoms with E-state index in [-0.39, 0.29) is 5.60 Å². The predicted molar refractivity (Wildman–Crippen MR) is 63.5 cm³/mol. The maximum atomic E-state index is 10.4. The molecule has 1 nitrogen and oxygen atoms in total. The number of aliphatic hydroxyl groups is 1. The van der Waals surface area contributed by atoms with E-state index in [0.717, 1.165) is 32.1 Å². The van der Waals surface area contributed by atoms with Gasteiger partial charge < -0.3 is 5.11 Å². The van der Waals surface area contributed by atoms with Crippen LogP contribution in [0.25, 0.3) is 0 Å². The van der Waals surface area contributed by atoms with Gasteiger partial charge in [0.05, 0.1) is 5.60 Å². The topological polar surface area (TPSA) is 20.2 Å². The number of hydrogen-bond donors (Lipinski definition) is 1. The van der Waals surface area contributed by atoms with Gasteiger partial charge in [0.25, 0.3) is 0 Å². The molecule has 0 spiro atoms. The minimum absolute atomic E-state index is 0.375. The molecule has 86 valence electrons. The lowest BCUT2D eigenvalue weighted by atomic mass is 9.84. The van der Waals surface area contributed by atoms with Crippen molar-refractivity contribution in [1.29, 1.82) is 0 Å². The summed E-state index contributed by atoms with van der Waals surface area (Å²) in [7, 11) is 0. The molecule has 0 rings (SSSR count). The second kappa shape index (κ2) is 7.28. The Morgan fingerprint density at radius 3 is 1.71 bits per heavy atom. The Kier molecular flexibility index (Phi) is 7.26. The first kappa shape index (κ1) is 14.0. The average Bonchev–Trinajstić information content (AvgIpc) is 2.11. The predicted octanol–water partition coefficient (Wildman–Crippen LogP) is 4.14. The highest BCUT2D eigenvalue weighted by Gasteiger charge is 2.26. The smallest absolute Gasteiger partial charge is 0.0650 e. The van der Waals surface area contributed by atoms with Gasteiger partial charge in [-0.15, -0.1) is 0 Å². The molecule has 0 unspecified atom stereocenters. The van der Waals surface area contributed by atoms with Crippen LogP contribution in [0.1, 0.15) is 72.6 Å². The summed E-state index contributed by atoms with van der Waals surface area (Å²) in [6.07, 6.45) is 7.63. The quantitative estimate of drug-likeness (QED) is 0.624. The van der Waals surface area contributed by atoms with E-state index in [4.69, 9.17) is 0 Å². The molecule has 1 heteroatoms. The second-order valence-corrected chi connectivity index (χ2v) is 5.03. The Morgan fingerprint density at radius 1 is 1.00 bits per heavy atom. The fourth-order valence-electron chi connectivity index (χ4n) is 2.10. The summed E-state index contributed by atoms with van der Waals surface area (Å²) in [4.78, 5) is 0. The van der Waals surface area contributed by atoms with Crippen LogP contribution in [-0.4, -0.2) is 10.7 Å². The van der Waals surface area contributed by atoms with Crippen molar-refractivity contribution in [2.75, 3.05) is 0 Å². The first-order chi connectivity index (χ1) is 6.54. The fourth-order valence-corrected chi connectivity index (χ4v) is 2.10. The Balaban J connectivity index is 4.03. The molecule has 0 amide bonds. The highest BCUT2D eigenvalue weighted by Crippen LogP contribution is 2.28. The third-order valence-electron chi connectivity index (χ3n) is 2.78. The van der Waals surface area contributed by atoms with Crippen molar-refractivity contribution in [3.8, 4) is 0 Å². The van der Waals surface area contributed by atoms with Crippen LogP contribution in [0.4, 0.5) is 0 Å². The molecule has 0 saturated carbocycles. The van der Waals surface area contributed by atoms with Crippen LogP contribution in [0.2, 0.25) is 0 Å². The lowest BCUT2D eigenvalue weighted by Crippen LogP contribution is -2.30. The van der Waals surface area contributed by atoms with E-state index in [1.165, 1.54) is 12.8 Å². The Labute approximate surface area is 89.9 Å². The highest BCUT2D eigenvalue weighted by atomic mass is 16.3. The normalized spacial score (nSPS) is 12.4. The molecule has 0 radical (unpaired) electrons. The van der Waals surface area contributed by atoms with E-state index in [2.05, 4.69) is 27.7 Å². The summed E-state index contributed by atoms with van der Waals surface area (Å²) in [5.74, 6) is 0.605. The van der Waals surface area contributed by atoms with Crippen LogP contribution in [-0.2, 0) is 0 Å². The van der Waals surface area contributed by atoms with Gasteiger partial charge in [0, 0.05) is 0 Å². The lowest BCUT2D eigenvalue weighted by Gasteiger charge is -2.30. The van der Waals surface area contributed by atoms with Gasteiger partial charge in [-0.05, 0) is 25.2 Å². The van der Waals surface area contributed by atoms with Crippen LogP contribution in [0.5, 0.6) is 0 Å². The van der Waals surface area contributed by atoms with Crippen molar-refractivity contribution in [3.63, 3.8) is 0 Å². The van der Waals surface area contributed by atoms with Crippen molar-refractivity contribution in [2.24, 2.45) is 5.92 Å². The molecule has 0 aromatic heterocycles. The van der Waals surface area contributed by atoms with Crippen LogP contribution < -0.4 is 0 Å². The minimum atomic E-state index is -0.375. The minimum Gasteiger partial charge on any atom is -0.390 e. The monoisotopic (exact) mass is 200 g/mol. The molecule has 0 aromatic rings. The van der Waals surface area contributed by atoms with Crippen molar-refractivity contribution < 1.29 is 5.11 Å². The van der Waals surface area contributed by atoms with Crippen molar-refractivity contribution in [1.82, 2.24) is 0 Å². The summed E-state index contributed by atoms with van der Waals surface area (Å²) < 4.78 is 0. The van der Waals surface area contributed by atoms with Crippen molar-refractivity contribution in [2.45, 2.75) is 78.2 Å². The van der Waals surface area contributed by atoms with E-state index in [9.17, 15) is 5.11 Å². The lowest BCUT2D eigenvalue weighted by molar-refractivity contribution is -0.000574. The van der Waals surface area contributed by atoms with E-state index >= 15 is 0 Å². The van der Waals surface area contributed by atoms with E-state index in [0.29, 0.717) is 5.92 Å². The Bertz CT molecular complexity index is 121. The Morgan fingerprint density at radius 2 is 1.43 bits per heavy atom. The number of hydrogen-bond acceptors (Lipinski definition) is 1. The van der Waals surface area contributed by atoms with Crippen LogP contribution in [0.15, 0.2) is 0 Å². The molecule has 0 bridgehead atoms. The van der Waals surface area contributed by atoms with E-state index in [1.54, 1.807) is 0 Å². The van der Waals surface area contributed by atoms with E-state index in [1.807, 2.05) is 0 Å². The van der Waals surface area contributed by atoms with Gasteiger partial charge in [-0.1, -0.05) is 53.4 Å². The van der Waals surface area contributed by atoms with Crippen LogP contribution >= 0.6 is 0 Å². The second-order valence-electron chi connectivity index (χ2n) is 5.03. The molecule has 1 N–H and O–H groups in total. The van der Waals surface area contributed by atoms with Gasteiger partial charge in [0.15, 0.2) is 0 Å². The Hall–Kier alpha value is -0.0400. The molecule has 0 aliphatic carbocycles.